The Bertz CT molecular complexity index is 211. The second-order valence-corrected chi connectivity index (χ2v) is 4.11. The van der Waals surface area contributed by atoms with Gasteiger partial charge in [0.25, 0.3) is 5.62 Å². The maximum atomic E-state index is 11.1. The molecule has 0 aromatic heterocycles. The molecule has 0 spiro atoms. The third-order valence-electron chi connectivity index (χ3n) is 1.41. The van der Waals surface area contributed by atoms with E-state index in [-0.39, 0.29) is 0 Å². The molecule has 1 atom stereocenters. The highest BCUT2D eigenvalue weighted by Gasteiger charge is 2.25. The molecule has 0 saturated carbocycles. The van der Waals surface area contributed by atoms with Gasteiger partial charge in [-0.3, -0.25) is 4.18 Å². The molecule has 0 aromatic carbocycles. The van der Waals surface area contributed by atoms with Crippen LogP contribution in [0.4, 0.5) is 0 Å². The molecule has 0 aliphatic rings. The van der Waals surface area contributed by atoms with Gasteiger partial charge in [-0.25, -0.2) is 0 Å². The van der Waals surface area contributed by atoms with Gasteiger partial charge in [-0.2, -0.15) is 8.42 Å². The van der Waals surface area contributed by atoms with Crippen LogP contribution in [0.25, 0.3) is 0 Å². The summed E-state index contributed by atoms with van der Waals surface area (Å²) in [5, 5.41) is 0. The molecule has 0 rings (SSSR count). The van der Waals surface area contributed by atoms with E-state index >= 15 is 0 Å². The summed E-state index contributed by atoms with van der Waals surface area (Å²) in [6.45, 7) is 2.33. The maximum absolute atomic E-state index is 11.1. The average molecular weight is 212 g/mol. The lowest BCUT2D eigenvalue weighted by molar-refractivity contribution is -0.0727. The minimum Gasteiger partial charge on any atom is -0.341 e. The van der Waals surface area contributed by atoms with Gasteiger partial charge in [-0.15, -0.1) is 0 Å². The van der Waals surface area contributed by atoms with E-state index in [2.05, 4.69) is 8.92 Å². The Morgan fingerprint density at radius 3 is 2.31 bits per heavy atom. The van der Waals surface area contributed by atoms with Crippen molar-refractivity contribution in [3.63, 3.8) is 0 Å². The van der Waals surface area contributed by atoms with Crippen molar-refractivity contribution in [1.82, 2.24) is 0 Å². The second kappa shape index (κ2) is 6.31. The van der Waals surface area contributed by atoms with Crippen molar-refractivity contribution in [2.75, 3.05) is 20.8 Å². The SMILES string of the molecule is CCCCOC(OC)S(=O)(=O)OC. The normalized spacial score (nSPS) is 14.4. The van der Waals surface area contributed by atoms with E-state index in [1.807, 2.05) is 6.92 Å². The number of hydrogen-bond donors (Lipinski definition) is 0. The molecule has 0 bridgehead atoms. The Hall–Kier alpha value is -0.170. The molecule has 6 heteroatoms. The topological polar surface area (TPSA) is 61.8 Å². The van der Waals surface area contributed by atoms with Crippen LogP contribution >= 0.6 is 0 Å². The first-order chi connectivity index (χ1) is 6.08. The molecule has 0 aliphatic carbocycles. The first-order valence-corrected chi connectivity index (χ1v) is 5.49. The summed E-state index contributed by atoms with van der Waals surface area (Å²) in [6, 6.07) is 0. The van der Waals surface area contributed by atoms with Crippen LogP contribution in [-0.4, -0.2) is 34.9 Å². The predicted molar refractivity (Wildman–Crippen MR) is 47.6 cm³/mol. The van der Waals surface area contributed by atoms with Gasteiger partial charge in [0.2, 0.25) is 0 Å². The zero-order chi connectivity index (χ0) is 10.3. The molecule has 13 heavy (non-hydrogen) atoms. The summed E-state index contributed by atoms with van der Waals surface area (Å²) < 4.78 is 35.9. The van der Waals surface area contributed by atoms with Crippen molar-refractivity contribution < 1.29 is 22.1 Å². The third-order valence-corrected chi connectivity index (χ3v) is 2.68. The Kier molecular flexibility index (Phi) is 6.23. The number of rotatable bonds is 7. The largest absolute Gasteiger partial charge is 0.341 e. The molecule has 5 nitrogen and oxygen atoms in total. The fourth-order valence-electron chi connectivity index (χ4n) is 0.672. The van der Waals surface area contributed by atoms with Crippen molar-refractivity contribution in [2.45, 2.75) is 25.4 Å². The fourth-order valence-corrected chi connectivity index (χ4v) is 1.33. The molecule has 0 fully saturated rings. The van der Waals surface area contributed by atoms with E-state index in [9.17, 15) is 8.42 Å². The van der Waals surface area contributed by atoms with Gasteiger partial charge >= 0.3 is 10.1 Å². The van der Waals surface area contributed by atoms with Gasteiger partial charge in [0.05, 0.1) is 13.7 Å². The standard InChI is InChI=1S/C7H16O5S/c1-4-5-6-12-7(10-2)13(8,9)11-3/h7H,4-6H2,1-3H3. The Labute approximate surface area is 79.1 Å². The van der Waals surface area contributed by atoms with Crippen molar-refractivity contribution in [1.29, 1.82) is 0 Å². The first kappa shape index (κ1) is 12.8. The van der Waals surface area contributed by atoms with Crippen LogP contribution in [0.15, 0.2) is 0 Å². The number of methoxy groups -OCH3 is 1. The molecule has 0 N–H and O–H groups in total. The minimum atomic E-state index is -3.74. The van der Waals surface area contributed by atoms with Gasteiger partial charge in [-0.05, 0) is 6.42 Å². The van der Waals surface area contributed by atoms with Crippen molar-refractivity contribution in [2.24, 2.45) is 0 Å². The fraction of sp³-hybridized carbons (Fsp3) is 1.00. The molecule has 0 heterocycles. The van der Waals surface area contributed by atoms with Gasteiger partial charge in [-0.1, -0.05) is 13.3 Å². The molecular formula is C7H16O5S. The molecule has 0 aliphatic heterocycles. The second-order valence-electron chi connectivity index (χ2n) is 2.41. The number of ether oxygens (including phenoxy) is 2. The smallest absolute Gasteiger partial charge is 0.321 e. The number of hydrogen-bond acceptors (Lipinski definition) is 5. The van der Waals surface area contributed by atoms with Crippen LogP contribution in [0.1, 0.15) is 19.8 Å². The zero-order valence-corrected chi connectivity index (χ0v) is 8.96. The van der Waals surface area contributed by atoms with Crippen molar-refractivity contribution in [3.05, 3.63) is 0 Å². The quantitative estimate of drug-likeness (QED) is 0.353. The van der Waals surface area contributed by atoms with Crippen LogP contribution in [0.2, 0.25) is 0 Å². The maximum Gasteiger partial charge on any atom is 0.321 e. The van der Waals surface area contributed by atoms with E-state index in [0.29, 0.717) is 6.61 Å². The monoisotopic (exact) mass is 212 g/mol. The Balaban J connectivity index is 4.03. The predicted octanol–water partition coefficient (Wildman–Crippen LogP) is 0.709. The van der Waals surface area contributed by atoms with Crippen LogP contribution in [0, 0.1) is 0 Å². The highest BCUT2D eigenvalue weighted by atomic mass is 32.2. The lowest BCUT2D eigenvalue weighted by Crippen LogP contribution is -2.27. The highest BCUT2D eigenvalue weighted by molar-refractivity contribution is 7.87. The average Bonchev–Trinajstić information content (AvgIpc) is 2.12. The third kappa shape index (κ3) is 4.56. The Morgan fingerprint density at radius 1 is 1.31 bits per heavy atom. The number of unbranched alkanes of at least 4 members (excludes halogenated alkanes) is 1. The summed E-state index contributed by atoms with van der Waals surface area (Å²) >= 11 is 0. The molecular weight excluding hydrogens is 196 g/mol. The van der Waals surface area contributed by atoms with Gasteiger partial charge < -0.3 is 9.47 Å². The summed E-state index contributed by atoms with van der Waals surface area (Å²) in [7, 11) is -1.40. The van der Waals surface area contributed by atoms with Crippen LogP contribution in [-0.2, 0) is 23.8 Å². The summed E-state index contributed by atoms with van der Waals surface area (Å²) in [4.78, 5) is 0. The molecule has 0 amide bonds. The van der Waals surface area contributed by atoms with E-state index in [0.717, 1.165) is 20.0 Å². The van der Waals surface area contributed by atoms with Crippen LogP contribution < -0.4 is 0 Å². The van der Waals surface area contributed by atoms with Crippen LogP contribution in [0.3, 0.4) is 0 Å². The van der Waals surface area contributed by atoms with E-state index in [4.69, 9.17) is 4.74 Å². The van der Waals surface area contributed by atoms with Crippen LogP contribution in [0.5, 0.6) is 0 Å². The van der Waals surface area contributed by atoms with Gasteiger partial charge in [0.1, 0.15) is 0 Å². The molecule has 0 aromatic rings. The first-order valence-electron chi connectivity index (χ1n) is 4.02. The molecule has 0 radical (unpaired) electrons. The van der Waals surface area contributed by atoms with E-state index < -0.39 is 15.7 Å². The molecule has 0 saturated heterocycles. The minimum absolute atomic E-state index is 0.345. The van der Waals surface area contributed by atoms with E-state index in [1.165, 1.54) is 7.11 Å². The lowest BCUT2D eigenvalue weighted by Gasteiger charge is -2.14. The van der Waals surface area contributed by atoms with Crippen molar-refractivity contribution in [3.8, 4) is 0 Å². The van der Waals surface area contributed by atoms with Crippen molar-refractivity contribution >= 4 is 10.1 Å². The zero-order valence-electron chi connectivity index (χ0n) is 8.15. The summed E-state index contributed by atoms with van der Waals surface area (Å²) in [6.07, 6.45) is 1.72. The highest BCUT2D eigenvalue weighted by Crippen LogP contribution is 2.06. The summed E-state index contributed by atoms with van der Waals surface area (Å²) in [5.74, 6) is 0. The van der Waals surface area contributed by atoms with Gasteiger partial charge in [0, 0.05) is 7.11 Å². The van der Waals surface area contributed by atoms with Gasteiger partial charge in [0.15, 0.2) is 0 Å². The molecule has 1 unspecified atom stereocenters. The molecule has 80 valence electrons. The Morgan fingerprint density at radius 2 is 1.92 bits per heavy atom. The van der Waals surface area contributed by atoms with E-state index in [1.54, 1.807) is 0 Å². The summed E-state index contributed by atoms with van der Waals surface area (Å²) in [5.41, 5.74) is -1.32. The lowest BCUT2D eigenvalue weighted by atomic mass is 10.4.